The second-order valence-corrected chi connectivity index (χ2v) is 5.94. The van der Waals surface area contributed by atoms with Crippen molar-refractivity contribution in [3.63, 3.8) is 0 Å². The van der Waals surface area contributed by atoms with Crippen LogP contribution >= 0.6 is 15.9 Å². The lowest BCUT2D eigenvalue weighted by atomic mass is 10.1. The summed E-state index contributed by atoms with van der Waals surface area (Å²) in [5.74, 6) is 0.318. The summed E-state index contributed by atoms with van der Waals surface area (Å²) in [7, 11) is 0. The van der Waals surface area contributed by atoms with Crippen molar-refractivity contribution in [2.45, 2.75) is 25.9 Å². The molecular weight excluding hydrogens is 302 g/mol. The van der Waals surface area contributed by atoms with E-state index in [1.54, 1.807) is 6.07 Å². The molecule has 1 aliphatic heterocycles. The molecular formula is C16H16BrNO. The molecule has 0 aromatic heterocycles. The van der Waals surface area contributed by atoms with Crippen molar-refractivity contribution < 1.29 is 5.11 Å². The van der Waals surface area contributed by atoms with E-state index in [1.165, 1.54) is 11.3 Å². The SMILES string of the molecule is CC1Cc2ccccc2N1Cc1cc(O)ccc1Br. The highest BCUT2D eigenvalue weighted by Gasteiger charge is 2.25. The molecule has 0 bridgehead atoms. The largest absolute Gasteiger partial charge is 0.508 e. The molecule has 0 aliphatic carbocycles. The number of benzene rings is 2. The highest BCUT2D eigenvalue weighted by molar-refractivity contribution is 9.10. The highest BCUT2D eigenvalue weighted by Crippen LogP contribution is 2.34. The molecule has 0 saturated carbocycles. The summed E-state index contributed by atoms with van der Waals surface area (Å²) in [4.78, 5) is 2.40. The molecule has 2 aromatic rings. The molecule has 1 atom stereocenters. The van der Waals surface area contributed by atoms with E-state index >= 15 is 0 Å². The van der Waals surface area contributed by atoms with Crippen LogP contribution in [0.4, 0.5) is 5.69 Å². The van der Waals surface area contributed by atoms with Crippen LogP contribution in [0.2, 0.25) is 0 Å². The van der Waals surface area contributed by atoms with Gasteiger partial charge in [-0.25, -0.2) is 0 Å². The molecule has 1 aliphatic rings. The van der Waals surface area contributed by atoms with Crippen LogP contribution in [0.25, 0.3) is 0 Å². The smallest absolute Gasteiger partial charge is 0.115 e. The van der Waals surface area contributed by atoms with E-state index in [-0.39, 0.29) is 0 Å². The Balaban J connectivity index is 1.93. The minimum Gasteiger partial charge on any atom is -0.508 e. The summed E-state index contributed by atoms with van der Waals surface area (Å²) >= 11 is 3.56. The Morgan fingerprint density at radius 3 is 2.89 bits per heavy atom. The number of phenolic OH excluding ortho intramolecular Hbond substituents is 1. The van der Waals surface area contributed by atoms with Crippen molar-refractivity contribution in [3.8, 4) is 5.75 Å². The van der Waals surface area contributed by atoms with Gasteiger partial charge in [-0.15, -0.1) is 0 Å². The van der Waals surface area contributed by atoms with Crippen LogP contribution < -0.4 is 4.90 Å². The Labute approximate surface area is 121 Å². The van der Waals surface area contributed by atoms with Gasteiger partial charge in [0.2, 0.25) is 0 Å². The molecule has 3 heteroatoms. The van der Waals surface area contributed by atoms with E-state index in [9.17, 15) is 5.11 Å². The molecule has 3 rings (SSSR count). The number of hydrogen-bond acceptors (Lipinski definition) is 2. The van der Waals surface area contributed by atoms with Crippen LogP contribution in [0.15, 0.2) is 46.9 Å². The summed E-state index contributed by atoms with van der Waals surface area (Å²) in [5.41, 5.74) is 3.83. The van der Waals surface area contributed by atoms with Crippen molar-refractivity contribution in [1.82, 2.24) is 0 Å². The molecule has 2 aromatic carbocycles. The average Bonchev–Trinajstić information content (AvgIpc) is 2.71. The zero-order chi connectivity index (χ0) is 13.4. The maximum absolute atomic E-state index is 9.63. The van der Waals surface area contributed by atoms with E-state index in [0.717, 1.165) is 23.0 Å². The molecule has 0 saturated heterocycles. The van der Waals surface area contributed by atoms with Gasteiger partial charge in [-0.3, -0.25) is 0 Å². The summed E-state index contributed by atoms with van der Waals surface area (Å²) in [6, 6.07) is 14.5. The monoisotopic (exact) mass is 317 g/mol. The number of aromatic hydroxyl groups is 1. The first-order valence-electron chi connectivity index (χ1n) is 6.47. The van der Waals surface area contributed by atoms with E-state index < -0.39 is 0 Å². The zero-order valence-electron chi connectivity index (χ0n) is 10.8. The fraction of sp³-hybridized carbons (Fsp3) is 0.250. The third-order valence-corrected chi connectivity index (χ3v) is 4.49. The summed E-state index contributed by atoms with van der Waals surface area (Å²) < 4.78 is 1.04. The third-order valence-electron chi connectivity index (χ3n) is 3.72. The van der Waals surface area contributed by atoms with Gasteiger partial charge in [-0.2, -0.15) is 0 Å². The Bertz CT molecular complexity index is 611. The number of anilines is 1. The van der Waals surface area contributed by atoms with Crippen LogP contribution in [0.3, 0.4) is 0 Å². The van der Waals surface area contributed by atoms with Crippen molar-refractivity contribution in [2.24, 2.45) is 0 Å². The minimum atomic E-state index is 0.318. The fourth-order valence-corrected chi connectivity index (χ4v) is 3.11. The number of phenols is 1. The quantitative estimate of drug-likeness (QED) is 0.901. The third kappa shape index (κ3) is 2.35. The van der Waals surface area contributed by atoms with E-state index in [0.29, 0.717) is 11.8 Å². The molecule has 0 spiro atoms. The number of nitrogens with zero attached hydrogens (tertiary/aromatic N) is 1. The lowest BCUT2D eigenvalue weighted by Gasteiger charge is -2.25. The van der Waals surface area contributed by atoms with E-state index in [4.69, 9.17) is 0 Å². The van der Waals surface area contributed by atoms with Crippen molar-refractivity contribution >= 4 is 21.6 Å². The number of halogens is 1. The maximum atomic E-state index is 9.63. The minimum absolute atomic E-state index is 0.318. The van der Waals surface area contributed by atoms with E-state index in [1.807, 2.05) is 12.1 Å². The maximum Gasteiger partial charge on any atom is 0.115 e. The topological polar surface area (TPSA) is 23.5 Å². The van der Waals surface area contributed by atoms with Gasteiger partial charge in [0.05, 0.1) is 0 Å². The summed E-state index contributed by atoms with van der Waals surface area (Å²) in [6.45, 7) is 3.06. The molecule has 0 radical (unpaired) electrons. The predicted octanol–water partition coefficient (Wildman–Crippen LogP) is 4.11. The highest BCUT2D eigenvalue weighted by atomic mass is 79.9. The lowest BCUT2D eigenvalue weighted by molar-refractivity contribution is 0.474. The number of para-hydroxylation sites is 1. The molecule has 0 fully saturated rings. The Hall–Kier alpha value is -1.48. The first kappa shape index (κ1) is 12.5. The average molecular weight is 318 g/mol. The van der Waals surface area contributed by atoms with Gasteiger partial charge in [0.25, 0.3) is 0 Å². The van der Waals surface area contributed by atoms with Gasteiger partial charge >= 0.3 is 0 Å². The molecule has 98 valence electrons. The molecule has 19 heavy (non-hydrogen) atoms. The predicted molar refractivity (Wildman–Crippen MR) is 81.6 cm³/mol. The van der Waals surface area contributed by atoms with Gasteiger partial charge in [-0.1, -0.05) is 34.1 Å². The molecule has 0 amide bonds. The van der Waals surface area contributed by atoms with Crippen molar-refractivity contribution in [3.05, 3.63) is 58.1 Å². The van der Waals surface area contributed by atoms with Crippen LogP contribution in [0.1, 0.15) is 18.1 Å². The van der Waals surface area contributed by atoms with Crippen LogP contribution in [0.5, 0.6) is 5.75 Å². The summed E-state index contributed by atoms with van der Waals surface area (Å²) in [5, 5.41) is 9.63. The van der Waals surface area contributed by atoms with E-state index in [2.05, 4.69) is 52.0 Å². The zero-order valence-corrected chi connectivity index (χ0v) is 12.4. The number of fused-ring (bicyclic) bond motifs is 1. The molecule has 1 N–H and O–H groups in total. The van der Waals surface area contributed by atoms with Crippen molar-refractivity contribution in [1.29, 1.82) is 0 Å². The summed E-state index contributed by atoms with van der Waals surface area (Å²) in [6.07, 6.45) is 1.09. The van der Waals surface area contributed by atoms with Crippen LogP contribution in [-0.2, 0) is 13.0 Å². The Morgan fingerprint density at radius 1 is 1.26 bits per heavy atom. The normalized spacial score (nSPS) is 17.6. The molecule has 1 heterocycles. The van der Waals surface area contributed by atoms with Gasteiger partial charge in [0.15, 0.2) is 0 Å². The second kappa shape index (κ2) is 4.89. The fourth-order valence-electron chi connectivity index (χ4n) is 2.74. The first-order valence-corrected chi connectivity index (χ1v) is 7.26. The number of hydrogen-bond donors (Lipinski definition) is 1. The first-order chi connectivity index (χ1) is 9.15. The van der Waals surface area contributed by atoms with Gasteiger partial charge < -0.3 is 10.0 Å². The number of rotatable bonds is 2. The molecule has 1 unspecified atom stereocenters. The van der Waals surface area contributed by atoms with Crippen molar-refractivity contribution in [2.75, 3.05) is 4.90 Å². The van der Waals surface area contributed by atoms with Gasteiger partial charge in [-0.05, 0) is 48.7 Å². The Morgan fingerprint density at radius 2 is 2.05 bits per heavy atom. The van der Waals surface area contributed by atoms with Crippen LogP contribution in [-0.4, -0.2) is 11.1 Å². The Kier molecular flexibility index (Phi) is 3.23. The van der Waals surface area contributed by atoms with Crippen LogP contribution in [0, 0.1) is 0 Å². The standard InChI is InChI=1S/C16H16BrNO/c1-11-8-12-4-2-3-5-16(12)18(11)10-13-9-14(19)6-7-15(13)17/h2-7,9,11,19H,8,10H2,1H3. The lowest BCUT2D eigenvalue weighted by Crippen LogP contribution is -2.28. The van der Waals surface area contributed by atoms with Gasteiger partial charge in [0, 0.05) is 22.7 Å². The molecule has 2 nitrogen and oxygen atoms in total. The second-order valence-electron chi connectivity index (χ2n) is 5.09. The van der Waals surface area contributed by atoms with Gasteiger partial charge in [0.1, 0.15) is 5.75 Å².